The molecule has 1 atom stereocenters. The molecule has 2 saturated heterocycles. The first-order valence-corrected chi connectivity index (χ1v) is 11.4. The van der Waals surface area contributed by atoms with Gasteiger partial charge in [-0.15, -0.1) is 0 Å². The van der Waals surface area contributed by atoms with Crippen LogP contribution in [0.1, 0.15) is 47.0 Å². The van der Waals surface area contributed by atoms with E-state index in [4.69, 9.17) is 14.0 Å². The minimum Gasteiger partial charge on any atom is -0.490 e. The topological polar surface area (TPSA) is 56.7 Å². The molecular weight excluding hydrogens is 389 g/mol. The van der Waals surface area contributed by atoms with Crippen LogP contribution in [0.25, 0.3) is 11.4 Å². The van der Waals surface area contributed by atoms with Crippen LogP contribution in [0.2, 0.25) is 0 Å². The van der Waals surface area contributed by atoms with Crippen molar-refractivity contribution in [3.05, 3.63) is 36.7 Å². The first kappa shape index (κ1) is 22.2. The zero-order valence-corrected chi connectivity index (χ0v) is 19.4. The fourth-order valence-corrected chi connectivity index (χ4v) is 4.25. The van der Waals surface area contributed by atoms with Crippen LogP contribution in [0.4, 0.5) is 0 Å². The lowest BCUT2D eigenvalue weighted by atomic mass is 9.78. The molecule has 3 heterocycles. The van der Waals surface area contributed by atoms with Gasteiger partial charge >= 0.3 is 7.12 Å². The van der Waals surface area contributed by atoms with E-state index in [1.165, 1.54) is 12.8 Å². The summed E-state index contributed by atoms with van der Waals surface area (Å²) in [5.41, 5.74) is 1.24. The molecule has 0 aliphatic carbocycles. The molecule has 0 saturated carbocycles. The standard InChI is InChI=1S/C24H34BN3O3/c1-6-24(4)23(2,3)30-25(31-24)20-9-7-8-19(14-20)22-26-15-21(16-27-22)29-17-18-10-12-28(5)13-11-18/h7-9,14-16,18H,6,10-13,17H2,1-5H3. The second kappa shape index (κ2) is 8.89. The highest BCUT2D eigenvalue weighted by molar-refractivity contribution is 6.62. The molecule has 2 aliphatic rings. The van der Waals surface area contributed by atoms with Gasteiger partial charge in [-0.3, -0.25) is 0 Å². The van der Waals surface area contributed by atoms with Gasteiger partial charge in [-0.25, -0.2) is 9.97 Å². The molecular formula is C24H34BN3O3. The Bertz CT molecular complexity index is 884. The third-order valence-corrected chi connectivity index (χ3v) is 7.09. The molecule has 1 aromatic carbocycles. The van der Waals surface area contributed by atoms with Crippen molar-refractivity contribution in [1.82, 2.24) is 14.9 Å². The van der Waals surface area contributed by atoms with Crippen molar-refractivity contribution in [2.75, 3.05) is 26.7 Å². The molecule has 0 amide bonds. The molecule has 4 rings (SSSR count). The van der Waals surface area contributed by atoms with E-state index in [9.17, 15) is 0 Å². The Morgan fingerprint density at radius 1 is 1.13 bits per heavy atom. The van der Waals surface area contributed by atoms with E-state index in [0.717, 1.165) is 42.9 Å². The highest BCUT2D eigenvalue weighted by Crippen LogP contribution is 2.39. The maximum Gasteiger partial charge on any atom is 0.494 e. The van der Waals surface area contributed by atoms with E-state index in [0.29, 0.717) is 11.7 Å². The first-order valence-electron chi connectivity index (χ1n) is 11.4. The number of piperidine rings is 1. The molecule has 0 bridgehead atoms. The van der Waals surface area contributed by atoms with Gasteiger partial charge in [-0.2, -0.15) is 0 Å². The van der Waals surface area contributed by atoms with Gasteiger partial charge in [0.05, 0.1) is 30.2 Å². The molecule has 0 spiro atoms. The van der Waals surface area contributed by atoms with Crippen LogP contribution in [0.15, 0.2) is 36.7 Å². The second-order valence-electron chi connectivity index (χ2n) is 9.59. The average Bonchev–Trinajstić information content (AvgIpc) is 3.03. The van der Waals surface area contributed by atoms with E-state index in [2.05, 4.69) is 55.7 Å². The lowest BCUT2D eigenvalue weighted by Gasteiger charge is -2.35. The summed E-state index contributed by atoms with van der Waals surface area (Å²) in [5, 5.41) is 0. The quantitative estimate of drug-likeness (QED) is 0.663. The summed E-state index contributed by atoms with van der Waals surface area (Å²) < 4.78 is 18.5. The van der Waals surface area contributed by atoms with E-state index >= 15 is 0 Å². The number of aromatic nitrogens is 2. The van der Waals surface area contributed by atoms with Crippen molar-refractivity contribution in [1.29, 1.82) is 0 Å². The van der Waals surface area contributed by atoms with E-state index in [1.807, 2.05) is 18.2 Å². The van der Waals surface area contributed by atoms with Crippen LogP contribution >= 0.6 is 0 Å². The molecule has 166 valence electrons. The van der Waals surface area contributed by atoms with Crippen LogP contribution in [0.3, 0.4) is 0 Å². The van der Waals surface area contributed by atoms with E-state index in [1.54, 1.807) is 12.4 Å². The van der Waals surface area contributed by atoms with E-state index in [-0.39, 0.29) is 11.2 Å². The highest BCUT2D eigenvalue weighted by Gasteiger charge is 2.53. The van der Waals surface area contributed by atoms with Crippen molar-refractivity contribution in [2.24, 2.45) is 5.92 Å². The predicted molar refractivity (Wildman–Crippen MR) is 124 cm³/mol. The number of likely N-dealkylation sites (tertiary alicyclic amines) is 1. The molecule has 1 unspecified atom stereocenters. The second-order valence-corrected chi connectivity index (χ2v) is 9.59. The fourth-order valence-electron chi connectivity index (χ4n) is 4.25. The molecule has 2 fully saturated rings. The summed E-state index contributed by atoms with van der Waals surface area (Å²) in [6.07, 6.45) is 6.79. The largest absolute Gasteiger partial charge is 0.494 e. The maximum absolute atomic E-state index is 6.32. The SMILES string of the molecule is CCC1(C)OB(c2cccc(-c3ncc(OCC4CCN(C)CC4)cn3)c2)OC1(C)C. The van der Waals surface area contributed by atoms with Crippen molar-refractivity contribution in [3.63, 3.8) is 0 Å². The lowest BCUT2D eigenvalue weighted by Crippen LogP contribution is -2.44. The molecule has 1 aromatic heterocycles. The zero-order chi connectivity index (χ0) is 22.1. The normalized spacial score (nSPS) is 24.5. The lowest BCUT2D eigenvalue weighted by molar-refractivity contribution is -0.0118. The Kier molecular flexibility index (Phi) is 6.38. The van der Waals surface area contributed by atoms with Crippen molar-refractivity contribution >= 4 is 12.6 Å². The highest BCUT2D eigenvalue weighted by atomic mass is 16.7. The Hall–Kier alpha value is -1.96. The third kappa shape index (κ3) is 4.79. The minimum atomic E-state index is -0.392. The first-order chi connectivity index (χ1) is 14.8. The third-order valence-electron chi connectivity index (χ3n) is 7.09. The summed E-state index contributed by atoms with van der Waals surface area (Å²) in [7, 11) is 1.78. The number of rotatable bonds is 6. The number of nitrogens with zero attached hydrogens (tertiary/aromatic N) is 3. The molecule has 31 heavy (non-hydrogen) atoms. The zero-order valence-electron chi connectivity index (χ0n) is 19.4. The van der Waals surface area contributed by atoms with Crippen molar-refractivity contribution in [3.8, 4) is 17.1 Å². The number of benzene rings is 1. The number of hydrogen-bond donors (Lipinski definition) is 0. The van der Waals surface area contributed by atoms with Gasteiger partial charge in [0.1, 0.15) is 0 Å². The monoisotopic (exact) mass is 423 g/mol. The molecule has 2 aromatic rings. The summed E-state index contributed by atoms with van der Waals surface area (Å²) in [5.74, 6) is 2.00. The van der Waals surface area contributed by atoms with Gasteiger partial charge in [0, 0.05) is 5.56 Å². The summed E-state index contributed by atoms with van der Waals surface area (Å²) in [6, 6.07) is 8.10. The molecule has 0 radical (unpaired) electrons. The van der Waals surface area contributed by atoms with Gasteiger partial charge in [-0.05, 0) is 71.6 Å². The summed E-state index contributed by atoms with van der Waals surface area (Å²) in [6.45, 7) is 11.4. The summed E-state index contributed by atoms with van der Waals surface area (Å²) >= 11 is 0. The smallest absolute Gasteiger partial charge is 0.490 e. The van der Waals surface area contributed by atoms with Gasteiger partial charge in [-0.1, -0.05) is 31.2 Å². The van der Waals surface area contributed by atoms with Crippen LogP contribution in [0, 0.1) is 5.92 Å². The van der Waals surface area contributed by atoms with Gasteiger partial charge in [0.15, 0.2) is 11.6 Å². The van der Waals surface area contributed by atoms with Crippen LogP contribution in [-0.4, -0.2) is 59.9 Å². The van der Waals surface area contributed by atoms with Crippen molar-refractivity contribution < 1.29 is 14.0 Å². The number of hydrogen-bond acceptors (Lipinski definition) is 6. The minimum absolute atomic E-state index is 0.323. The van der Waals surface area contributed by atoms with Crippen LogP contribution in [0.5, 0.6) is 5.75 Å². The maximum atomic E-state index is 6.32. The Morgan fingerprint density at radius 2 is 1.84 bits per heavy atom. The fraction of sp³-hybridized carbons (Fsp3) is 0.583. The van der Waals surface area contributed by atoms with Crippen molar-refractivity contribution in [2.45, 2.75) is 58.2 Å². The van der Waals surface area contributed by atoms with Crippen LogP contribution in [-0.2, 0) is 9.31 Å². The number of ether oxygens (including phenoxy) is 1. The van der Waals surface area contributed by atoms with Gasteiger partial charge in [0.2, 0.25) is 0 Å². The Morgan fingerprint density at radius 3 is 2.48 bits per heavy atom. The Labute approximate surface area is 186 Å². The molecule has 2 aliphatic heterocycles. The van der Waals surface area contributed by atoms with Gasteiger partial charge < -0.3 is 18.9 Å². The molecule has 7 heteroatoms. The molecule has 0 N–H and O–H groups in total. The summed E-state index contributed by atoms with van der Waals surface area (Å²) in [4.78, 5) is 11.4. The Balaban J connectivity index is 1.41. The van der Waals surface area contributed by atoms with Gasteiger partial charge in [0.25, 0.3) is 0 Å². The molecule has 6 nitrogen and oxygen atoms in total. The average molecular weight is 423 g/mol. The van der Waals surface area contributed by atoms with Crippen LogP contribution < -0.4 is 10.2 Å². The van der Waals surface area contributed by atoms with E-state index < -0.39 is 7.12 Å². The predicted octanol–water partition coefficient (Wildman–Crippen LogP) is 3.55.